The monoisotopic (exact) mass is 326 g/mol. The van der Waals surface area contributed by atoms with Crippen molar-refractivity contribution in [3.05, 3.63) is 100.0 Å². The fourth-order valence-electron chi connectivity index (χ4n) is 3.12. The standard InChI is InChI=1S/C22H18N2O/c1-15-6-8-17(9-7-15)21-19(14-16-10-12-23-13-11-16)22(25)18-4-2-3-5-20(18)24-21/h2-13H,14H2,1H3,(H,24,25). The zero-order chi connectivity index (χ0) is 17.2. The van der Waals surface area contributed by atoms with Gasteiger partial charge in [0.2, 0.25) is 0 Å². The molecular weight excluding hydrogens is 308 g/mol. The van der Waals surface area contributed by atoms with Gasteiger partial charge in [0.15, 0.2) is 5.43 Å². The Kier molecular flexibility index (Phi) is 3.90. The highest BCUT2D eigenvalue weighted by Gasteiger charge is 2.14. The Morgan fingerprint density at radius 2 is 1.64 bits per heavy atom. The highest BCUT2D eigenvalue weighted by atomic mass is 16.1. The van der Waals surface area contributed by atoms with Crippen molar-refractivity contribution in [3.63, 3.8) is 0 Å². The number of rotatable bonds is 3. The number of aryl methyl sites for hydroxylation is 1. The molecule has 122 valence electrons. The van der Waals surface area contributed by atoms with Gasteiger partial charge in [0.05, 0.1) is 5.69 Å². The summed E-state index contributed by atoms with van der Waals surface area (Å²) in [6.45, 7) is 2.06. The van der Waals surface area contributed by atoms with Crippen molar-refractivity contribution in [2.24, 2.45) is 0 Å². The Balaban J connectivity index is 1.97. The van der Waals surface area contributed by atoms with Gasteiger partial charge in [0.25, 0.3) is 0 Å². The number of nitrogens with zero attached hydrogens (tertiary/aromatic N) is 1. The van der Waals surface area contributed by atoms with E-state index < -0.39 is 0 Å². The van der Waals surface area contributed by atoms with Crippen molar-refractivity contribution in [1.82, 2.24) is 9.97 Å². The average molecular weight is 326 g/mol. The number of nitrogens with one attached hydrogen (secondary N) is 1. The molecule has 0 radical (unpaired) electrons. The molecule has 0 bridgehead atoms. The van der Waals surface area contributed by atoms with E-state index in [1.807, 2.05) is 36.4 Å². The number of aromatic amines is 1. The molecule has 3 nitrogen and oxygen atoms in total. The summed E-state index contributed by atoms with van der Waals surface area (Å²) in [5.74, 6) is 0. The van der Waals surface area contributed by atoms with Gasteiger partial charge in [0.1, 0.15) is 0 Å². The molecule has 0 saturated heterocycles. The van der Waals surface area contributed by atoms with Gasteiger partial charge in [-0.05, 0) is 42.3 Å². The number of pyridine rings is 2. The lowest BCUT2D eigenvalue weighted by atomic mass is 9.97. The summed E-state index contributed by atoms with van der Waals surface area (Å²) >= 11 is 0. The highest BCUT2D eigenvalue weighted by Crippen LogP contribution is 2.24. The summed E-state index contributed by atoms with van der Waals surface area (Å²) in [6.07, 6.45) is 4.10. The topological polar surface area (TPSA) is 45.8 Å². The Morgan fingerprint density at radius 3 is 2.40 bits per heavy atom. The van der Waals surface area contributed by atoms with E-state index in [4.69, 9.17) is 0 Å². The van der Waals surface area contributed by atoms with E-state index in [2.05, 4.69) is 41.2 Å². The summed E-state index contributed by atoms with van der Waals surface area (Å²) < 4.78 is 0. The minimum Gasteiger partial charge on any atom is -0.354 e. The largest absolute Gasteiger partial charge is 0.354 e. The smallest absolute Gasteiger partial charge is 0.193 e. The van der Waals surface area contributed by atoms with E-state index >= 15 is 0 Å². The number of fused-ring (bicyclic) bond motifs is 1. The van der Waals surface area contributed by atoms with E-state index in [1.54, 1.807) is 12.4 Å². The molecule has 3 heteroatoms. The molecule has 2 aromatic heterocycles. The average Bonchev–Trinajstić information content (AvgIpc) is 2.65. The van der Waals surface area contributed by atoms with Crippen molar-refractivity contribution in [1.29, 1.82) is 0 Å². The SMILES string of the molecule is Cc1ccc(-c2[nH]c3ccccc3c(=O)c2Cc2ccncc2)cc1. The van der Waals surface area contributed by atoms with Crippen molar-refractivity contribution >= 4 is 10.9 Å². The maximum absolute atomic E-state index is 13.2. The van der Waals surface area contributed by atoms with Gasteiger partial charge in [-0.3, -0.25) is 9.78 Å². The van der Waals surface area contributed by atoms with Gasteiger partial charge in [-0.25, -0.2) is 0 Å². The molecule has 0 aliphatic carbocycles. The van der Waals surface area contributed by atoms with Crippen LogP contribution in [0.5, 0.6) is 0 Å². The van der Waals surface area contributed by atoms with E-state index in [9.17, 15) is 4.79 Å². The number of aromatic nitrogens is 2. The minimum absolute atomic E-state index is 0.0849. The van der Waals surface area contributed by atoms with Crippen LogP contribution in [-0.2, 0) is 6.42 Å². The second-order valence-electron chi connectivity index (χ2n) is 6.25. The fourth-order valence-corrected chi connectivity index (χ4v) is 3.12. The maximum Gasteiger partial charge on any atom is 0.193 e. The van der Waals surface area contributed by atoms with Crippen LogP contribution in [0, 0.1) is 6.92 Å². The van der Waals surface area contributed by atoms with Gasteiger partial charge >= 0.3 is 0 Å². The number of benzene rings is 2. The maximum atomic E-state index is 13.2. The third-order valence-corrected chi connectivity index (χ3v) is 4.48. The van der Waals surface area contributed by atoms with Crippen LogP contribution in [0.15, 0.2) is 77.9 Å². The molecule has 0 atom stereocenters. The summed E-state index contributed by atoms with van der Waals surface area (Å²) in [5.41, 5.74) is 5.92. The lowest BCUT2D eigenvalue weighted by Gasteiger charge is -2.12. The Hall–Kier alpha value is -3.20. The first kappa shape index (κ1) is 15.3. The zero-order valence-electron chi connectivity index (χ0n) is 14.0. The molecule has 0 aliphatic heterocycles. The molecule has 0 aliphatic rings. The molecule has 4 aromatic rings. The normalized spacial score (nSPS) is 10.9. The van der Waals surface area contributed by atoms with Crippen molar-refractivity contribution in [3.8, 4) is 11.3 Å². The van der Waals surface area contributed by atoms with Crippen LogP contribution in [0.25, 0.3) is 22.2 Å². The Morgan fingerprint density at radius 1 is 0.920 bits per heavy atom. The van der Waals surface area contributed by atoms with Gasteiger partial charge in [-0.2, -0.15) is 0 Å². The second kappa shape index (κ2) is 6.36. The van der Waals surface area contributed by atoms with E-state index in [0.717, 1.165) is 33.3 Å². The summed E-state index contributed by atoms with van der Waals surface area (Å²) in [5, 5.41) is 0.724. The van der Waals surface area contributed by atoms with Crippen LogP contribution < -0.4 is 5.43 Å². The number of para-hydroxylation sites is 1. The molecule has 1 N–H and O–H groups in total. The molecular formula is C22H18N2O. The molecule has 0 unspecified atom stereocenters. The number of hydrogen-bond donors (Lipinski definition) is 1. The second-order valence-corrected chi connectivity index (χ2v) is 6.25. The predicted octanol–water partition coefficient (Wildman–Crippen LogP) is 4.49. The van der Waals surface area contributed by atoms with Crippen molar-refractivity contribution < 1.29 is 0 Å². The Labute approximate surface area is 146 Å². The van der Waals surface area contributed by atoms with Gasteiger partial charge in [-0.1, -0.05) is 42.0 Å². The first-order valence-corrected chi connectivity index (χ1v) is 8.32. The van der Waals surface area contributed by atoms with Crippen LogP contribution in [0.4, 0.5) is 0 Å². The molecule has 0 saturated carbocycles. The number of hydrogen-bond acceptors (Lipinski definition) is 2. The van der Waals surface area contributed by atoms with Gasteiger partial charge < -0.3 is 4.98 Å². The summed E-state index contributed by atoms with van der Waals surface area (Å²) in [6, 6.07) is 19.8. The van der Waals surface area contributed by atoms with E-state index in [0.29, 0.717) is 6.42 Å². The third kappa shape index (κ3) is 2.96. The fraction of sp³-hybridized carbons (Fsp3) is 0.0909. The van der Waals surface area contributed by atoms with Crippen molar-refractivity contribution in [2.75, 3.05) is 0 Å². The minimum atomic E-state index is 0.0849. The van der Waals surface area contributed by atoms with Crippen molar-refractivity contribution in [2.45, 2.75) is 13.3 Å². The van der Waals surface area contributed by atoms with Crippen LogP contribution in [0.1, 0.15) is 16.7 Å². The van der Waals surface area contributed by atoms with E-state index in [1.165, 1.54) is 5.56 Å². The molecule has 25 heavy (non-hydrogen) atoms. The molecule has 0 amide bonds. The molecule has 2 aromatic carbocycles. The highest BCUT2D eigenvalue weighted by molar-refractivity contribution is 5.83. The summed E-state index contributed by atoms with van der Waals surface area (Å²) in [7, 11) is 0. The van der Waals surface area contributed by atoms with Gasteiger partial charge in [0, 0.05) is 35.3 Å². The number of H-pyrrole nitrogens is 1. The molecule has 0 spiro atoms. The molecule has 0 fully saturated rings. The third-order valence-electron chi connectivity index (χ3n) is 4.48. The Bertz CT molecular complexity index is 1080. The van der Waals surface area contributed by atoms with Crippen LogP contribution in [0.3, 0.4) is 0 Å². The first-order chi connectivity index (χ1) is 12.2. The molecule has 4 rings (SSSR count). The van der Waals surface area contributed by atoms with E-state index in [-0.39, 0.29) is 5.43 Å². The zero-order valence-corrected chi connectivity index (χ0v) is 14.0. The molecule has 2 heterocycles. The summed E-state index contributed by atoms with van der Waals surface area (Å²) in [4.78, 5) is 20.7. The van der Waals surface area contributed by atoms with Crippen LogP contribution in [0.2, 0.25) is 0 Å². The van der Waals surface area contributed by atoms with Crippen LogP contribution >= 0.6 is 0 Å². The van der Waals surface area contributed by atoms with Crippen LogP contribution in [-0.4, -0.2) is 9.97 Å². The van der Waals surface area contributed by atoms with Gasteiger partial charge in [-0.15, -0.1) is 0 Å². The lowest BCUT2D eigenvalue weighted by molar-refractivity contribution is 1.13. The first-order valence-electron chi connectivity index (χ1n) is 8.32. The quantitative estimate of drug-likeness (QED) is 0.603. The predicted molar refractivity (Wildman–Crippen MR) is 102 cm³/mol. The lowest BCUT2D eigenvalue weighted by Crippen LogP contribution is -2.13.